The second-order valence-electron chi connectivity index (χ2n) is 9.68. The molecule has 8 nitrogen and oxygen atoms in total. The van der Waals surface area contributed by atoms with Gasteiger partial charge in [0.25, 0.3) is 0 Å². The van der Waals surface area contributed by atoms with Crippen molar-refractivity contribution in [2.45, 2.75) is 19.7 Å². The molecule has 42 heavy (non-hydrogen) atoms. The Hall–Kier alpha value is -4.66. The first-order valence-electron chi connectivity index (χ1n) is 14.0. The van der Waals surface area contributed by atoms with E-state index in [1.54, 1.807) is 19.5 Å². The van der Waals surface area contributed by atoms with Crippen LogP contribution in [0.15, 0.2) is 116 Å². The Morgan fingerprint density at radius 3 is 2.24 bits per heavy atom. The highest BCUT2D eigenvalue weighted by Gasteiger charge is 2.12. The summed E-state index contributed by atoms with van der Waals surface area (Å²) in [6.07, 6.45) is 5.47. The molecule has 0 fully saturated rings. The summed E-state index contributed by atoms with van der Waals surface area (Å²) >= 11 is 0. The van der Waals surface area contributed by atoms with Crippen molar-refractivity contribution in [3.05, 3.63) is 132 Å². The number of methoxy groups -OCH3 is 1. The smallest absolute Gasteiger partial charge is 0.137 e. The molecule has 0 atom stereocenters. The molecule has 2 heterocycles. The van der Waals surface area contributed by atoms with Crippen LogP contribution in [0.3, 0.4) is 0 Å². The highest BCUT2D eigenvalue weighted by atomic mass is 16.5. The number of anilines is 1. The molecule has 0 saturated heterocycles. The van der Waals surface area contributed by atoms with E-state index in [9.17, 15) is 0 Å². The molecule has 0 amide bonds. The molecule has 0 saturated carbocycles. The fraction of sp³-hybridized carbons (Fsp3) is 0.235. The van der Waals surface area contributed by atoms with E-state index >= 15 is 0 Å². The van der Waals surface area contributed by atoms with Crippen LogP contribution in [-0.2, 0) is 29.2 Å². The summed E-state index contributed by atoms with van der Waals surface area (Å²) < 4.78 is 24.4. The molecular weight excluding hydrogens is 528 g/mol. The van der Waals surface area contributed by atoms with Gasteiger partial charge in [-0.1, -0.05) is 54.6 Å². The highest BCUT2D eigenvalue weighted by molar-refractivity contribution is 5.44. The fourth-order valence-electron chi connectivity index (χ4n) is 4.45. The van der Waals surface area contributed by atoms with Gasteiger partial charge in [-0.05, 0) is 59.2 Å². The summed E-state index contributed by atoms with van der Waals surface area (Å²) in [7, 11) is 1.68. The van der Waals surface area contributed by atoms with Crippen LogP contribution in [0, 0.1) is 0 Å². The molecule has 0 N–H and O–H groups in total. The third-order valence-electron chi connectivity index (χ3n) is 6.61. The van der Waals surface area contributed by atoms with Crippen molar-refractivity contribution in [2.75, 3.05) is 38.4 Å². The second kappa shape index (κ2) is 15.4. The van der Waals surface area contributed by atoms with Gasteiger partial charge in [-0.15, -0.1) is 0 Å². The van der Waals surface area contributed by atoms with Crippen molar-refractivity contribution in [1.82, 2.24) is 14.8 Å². The quantitative estimate of drug-likeness (QED) is 0.134. The lowest BCUT2D eigenvalue weighted by Gasteiger charge is -2.24. The molecular formula is C34H36N4O4. The van der Waals surface area contributed by atoms with Crippen LogP contribution in [0.25, 0.3) is 5.69 Å². The van der Waals surface area contributed by atoms with Gasteiger partial charge in [0, 0.05) is 25.5 Å². The average Bonchev–Trinajstić information content (AvgIpc) is 3.59. The Labute approximate surface area is 247 Å². The molecule has 0 aliphatic carbocycles. The maximum atomic E-state index is 5.86. The predicted octanol–water partition coefficient (Wildman–Crippen LogP) is 6.09. The number of benzene rings is 3. The summed E-state index contributed by atoms with van der Waals surface area (Å²) in [4.78, 5) is 6.97. The van der Waals surface area contributed by atoms with Crippen molar-refractivity contribution < 1.29 is 18.9 Å². The van der Waals surface area contributed by atoms with E-state index in [-0.39, 0.29) is 0 Å². The van der Waals surface area contributed by atoms with Gasteiger partial charge in [0.1, 0.15) is 23.9 Å². The molecule has 8 heteroatoms. The summed E-state index contributed by atoms with van der Waals surface area (Å²) in [6.45, 7) is 3.93. The van der Waals surface area contributed by atoms with Crippen molar-refractivity contribution in [1.29, 1.82) is 0 Å². The fourth-order valence-corrected chi connectivity index (χ4v) is 4.45. The first-order chi connectivity index (χ1) is 20.8. The maximum absolute atomic E-state index is 5.86. The largest absolute Gasteiger partial charge is 0.497 e. The van der Waals surface area contributed by atoms with Gasteiger partial charge >= 0.3 is 0 Å². The second-order valence-corrected chi connectivity index (χ2v) is 9.68. The van der Waals surface area contributed by atoms with Crippen LogP contribution in [-0.4, -0.2) is 48.3 Å². The number of hydrogen-bond acceptors (Lipinski definition) is 7. The van der Waals surface area contributed by atoms with Gasteiger partial charge in [0.2, 0.25) is 0 Å². The van der Waals surface area contributed by atoms with Crippen molar-refractivity contribution in [2.24, 2.45) is 0 Å². The minimum Gasteiger partial charge on any atom is -0.497 e. The van der Waals surface area contributed by atoms with Gasteiger partial charge in [-0.25, -0.2) is 9.67 Å². The normalized spacial score (nSPS) is 10.9. The predicted molar refractivity (Wildman–Crippen MR) is 163 cm³/mol. The zero-order chi connectivity index (χ0) is 28.8. The third kappa shape index (κ3) is 8.67. The molecule has 0 bridgehead atoms. The van der Waals surface area contributed by atoms with Crippen molar-refractivity contribution in [3.63, 3.8) is 0 Å². The number of aromatic nitrogens is 3. The van der Waals surface area contributed by atoms with E-state index in [0.717, 1.165) is 28.4 Å². The maximum Gasteiger partial charge on any atom is 0.137 e. The average molecular weight is 565 g/mol. The van der Waals surface area contributed by atoms with Crippen LogP contribution in [0.4, 0.5) is 5.82 Å². The monoisotopic (exact) mass is 564 g/mol. The summed E-state index contributed by atoms with van der Waals surface area (Å²) in [5.41, 5.74) is 4.48. The molecule has 0 aliphatic rings. The number of pyridine rings is 1. The molecule has 0 unspecified atom stereocenters. The molecule has 0 radical (unpaired) electrons. The zero-order valence-electron chi connectivity index (χ0n) is 23.8. The lowest BCUT2D eigenvalue weighted by molar-refractivity contribution is 0.0303. The standard InChI is InChI=1S/C34H36N4O4/c1-39-32-10-5-9-30(23-32)26-37(25-28-11-13-31(14-12-28)38-18-6-17-36-38)34-16-15-33(24-35-34)42-22-21-40-19-20-41-27-29-7-3-2-4-8-29/h2-18,23-24H,19-22,25-27H2,1H3. The summed E-state index contributed by atoms with van der Waals surface area (Å²) in [6, 6.07) is 32.5. The Morgan fingerprint density at radius 2 is 1.48 bits per heavy atom. The minimum absolute atomic E-state index is 0.440. The molecule has 216 valence electrons. The lowest BCUT2D eigenvalue weighted by Crippen LogP contribution is -2.23. The van der Waals surface area contributed by atoms with E-state index in [4.69, 9.17) is 23.9 Å². The van der Waals surface area contributed by atoms with Crippen molar-refractivity contribution in [3.8, 4) is 17.2 Å². The van der Waals surface area contributed by atoms with Gasteiger partial charge in [-0.3, -0.25) is 0 Å². The number of nitrogens with zero attached hydrogens (tertiary/aromatic N) is 4. The van der Waals surface area contributed by atoms with E-state index in [2.05, 4.69) is 46.4 Å². The first-order valence-corrected chi connectivity index (χ1v) is 14.0. The number of rotatable bonds is 16. The Morgan fingerprint density at radius 1 is 0.690 bits per heavy atom. The molecule has 2 aromatic heterocycles. The third-order valence-corrected chi connectivity index (χ3v) is 6.61. The molecule has 3 aromatic carbocycles. The van der Waals surface area contributed by atoms with E-state index in [0.29, 0.717) is 51.9 Å². The highest BCUT2D eigenvalue weighted by Crippen LogP contribution is 2.23. The Bertz CT molecular complexity index is 1460. The van der Waals surface area contributed by atoms with Gasteiger partial charge < -0.3 is 23.8 Å². The number of ether oxygens (including phenoxy) is 4. The molecule has 0 aliphatic heterocycles. The lowest BCUT2D eigenvalue weighted by atomic mass is 10.1. The molecule has 0 spiro atoms. The van der Waals surface area contributed by atoms with Crippen molar-refractivity contribution >= 4 is 5.82 Å². The first kappa shape index (κ1) is 28.9. The number of hydrogen-bond donors (Lipinski definition) is 0. The van der Waals surface area contributed by atoms with Crippen LogP contribution in [0.2, 0.25) is 0 Å². The topological polar surface area (TPSA) is 70.9 Å². The van der Waals surface area contributed by atoms with E-state index in [1.165, 1.54) is 5.56 Å². The minimum atomic E-state index is 0.440. The van der Waals surface area contributed by atoms with Crippen LogP contribution in [0.5, 0.6) is 11.5 Å². The van der Waals surface area contributed by atoms with Crippen LogP contribution < -0.4 is 14.4 Å². The zero-order valence-corrected chi connectivity index (χ0v) is 23.8. The van der Waals surface area contributed by atoms with Gasteiger partial charge in [-0.2, -0.15) is 5.10 Å². The SMILES string of the molecule is COc1cccc(CN(Cc2ccc(-n3cccn3)cc2)c2ccc(OCCOCCOCc3ccccc3)cn2)c1. The Kier molecular flexibility index (Phi) is 10.6. The summed E-state index contributed by atoms with van der Waals surface area (Å²) in [5, 5.41) is 4.32. The van der Waals surface area contributed by atoms with Gasteiger partial charge in [0.15, 0.2) is 0 Å². The molecule has 5 aromatic rings. The van der Waals surface area contributed by atoms with Crippen LogP contribution in [0.1, 0.15) is 16.7 Å². The Balaban J connectivity index is 1.14. The van der Waals surface area contributed by atoms with Crippen LogP contribution >= 0.6 is 0 Å². The van der Waals surface area contributed by atoms with E-state index in [1.807, 2.05) is 71.5 Å². The molecule has 5 rings (SSSR count). The summed E-state index contributed by atoms with van der Waals surface area (Å²) in [5.74, 6) is 2.39. The van der Waals surface area contributed by atoms with E-state index < -0.39 is 0 Å². The van der Waals surface area contributed by atoms with Gasteiger partial charge in [0.05, 0.1) is 45.4 Å².